The van der Waals surface area contributed by atoms with Gasteiger partial charge in [0.15, 0.2) is 0 Å². The second kappa shape index (κ2) is 6.79. The number of nitrogens with one attached hydrogen (secondary N) is 2. The summed E-state index contributed by atoms with van der Waals surface area (Å²) in [6, 6.07) is 1.68. The molecule has 1 aromatic rings. The molecule has 0 bridgehead atoms. The highest BCUT2D eigenvalue weighted by Gasteiger charge is 2.09. The van der Waals surface area contributed by atoms with Crippen molar-refractivity contribution in [1.82, 2.24) is 20.4 Å². The maximum absolute atomic E-state index is 11.5. The number of amides is 1. The molecule has 0 aliphatic carbocycles. The minimum atomic E-state index is -0.199. The van der Waals surface area contributed by atoms with Gasteiger partial charge in [0.2, 0.25) is 5.91 Å². The zero-order chi connectivity index (χ0) is 11.8. The van der Waals surface area contributed by atoms with Crippen molar-refractivity contribution in [3.8, 4) is 0 Å². The van der Waals surface area contributed by atoms with E-state index in [9.17, 15) is 4.79 Å². The molecule has 1 atom stereocenters. The molecule has 16 heavy (non-hydrogen) atoms. The van der Waals surface area contributed by atoms with Gasteiger partial charge in [-0.1, -0.05) is 6.08 Å². The highest BCUT2D eigenvalue weighted by Crippen LogP contribution is 1.85. The lowest BCUT2D eigenvalue weighted by Gasteiger charge is -2.13. The van der Waals surface area contributed by atoms with Gasteiger partial charge in [-0.2, -0.15) is 5.10 Å². The van der Waals surface area contributed by atoms with Crippen LogP contribution in [0.5, 0.6) is 0 Å². The number of nitrogens with zero attached hydrogens (tertiary/aromatic N) is 2. The molecule has 5 heteroatoms. The fraction of sp³-hybridized carbons (Fsp3) is 0.455. The van der Waals surface area contributed by atoms with Gasteiger partial charge in [-0.25, -0.2) is 0 Å². The Bertz CT molecular complexity index is 321. The molecular weight excluding hydrogens is 204 g/mol. The Hall–Kier alpha value is -1.62. The molecule has 0 saturated carbocycles. The molecule has 1 rings (SSSR count). The van der Waals surface area contributed by atoms with E-state index in [0.717, 1.165) is 6.54 Å². The fourth-order valence-corrected chi connectivity index (χ4v) is 1.25. The molecule has 1 amide bonds. The zero-order valence-corrected chi connectivity index (χ0v) is 9.52. The first kappa shape index (κ1) is 12.4. The Morgan fingerprint density at radius 2 is 2.50 bits per heavy atom. The van der Waals surface area contributed by atoms with E-state index in [2.05, 4.69) is 22.3 Å². The van der Waals surface area contributed by atoms with Crippen molar-refractivity contribution in [1.29, 1.82) is 0 Å². The SMILES string of the molecule is C=CCNC(=O)C(C)NCCn1cccn1. The summed E-state index contributed by atoms with van der Waals surface area (Å²) in [7, 11) is 0. The van der Waals surface area contributed by atoms with Crippen molar-refractivity contribution in [3.05, 3.63) is 31.1 Å². The predicted octanol–water partition coefficient (Wildman–Crippen LogP) is 0.163. The highest BCUT2D eigenvalue weighted by atomic mass is 16.2. The van der Waals surface area contributed by atoms with E-state index in [0.29, 0.717) is 13.1 Å². The standard InChI is InChI=1S/C11H18N4O/c1-3-5-13-11(16)10(2)12-7-9-15-8-4-6-14-15/h3-4,6,8,10,12H,1,5,7,9H2,2H3,(H,13,16). The summed E-state index contributed by atoms with van der Waals surface area (Å²) in [5, 5.41) is 9.93. The van der Waals surface area contributed by atoms with Gasteiger partial charge in [-0.05, 0) is 13.0 Å². The van der Waals surface area contributed by atoms with Crippen LogP contribution in [0.15, 0.2) is 31.1 Å². The number of carbonyl (C=O) groups excluding carboxylic acids is 1. The molecule has 1 aromatic heterocycles. The largest absolute Gasteiger partial charge is 0.351 e. The first-order valence-electron chi connectivity index (χ1n) is 5.33. The Balaban J connectivity index is 2.16. The normalized spacial score (nSPS) is 12.1. The highest BCUT2D eigenvalue weighted by molar-refractivity contribution is 5.81. The Morgan fingerprint density at radius 3 is 3.12 bits per heavy atom. The summed E-state index contributed by atoms with van der Waals surface area (Å²) in [4.78, 5) is 11.5. The van der Waals surface area contributed by atoms with Crippen molar-refractivity contribution >= 4 is 5.91 Å². The first-order valence-corrected chi connectivity index (χ1v) is 5.33. The minimum absolute atomic E-state index is 0.0136. The van der Waals surface area contributed by atoms with Gasteiger partial charge in [-0.15, -0.1) is 6.58 Å². The predicted molar refractivity (Wildman–Crippen MR) is 62.9 cm³/mol. The molecule has 2 N–H and O–H groups in total. The Labute approximate surface area is 95.5 Å². The quantitative estimate of drug-likeness (QED) is 0.646. The lowest BCUT2D eigenvalue weighted by molar-refractivity contribution is -0.122. The fourth-order valence-electron chi connectivity index (χ4n) is 1.25. The van der Waals surface area contributed by atoms with Crippen LogP contribution in [0.25, 0.3) is 0 Å². The Kier molecular flexibility index (Phi) is 5.28. The van der Waals surface area contributed by atoms with E-state index in [4.69, 9.17) is 0 Å². The van der Waals surface area contributed by atoms with Crippen LogP contribution in [-0.4, -0.2) is 34.8 Å². The molecule has 0 aromatic carbocycles. The van der Waals surface area contributed by atoms with Gasteiger partial charge in [-0.3, -0.25) is 9.48 Å². The molecule has 88 valence electrons. The average Bonchev–Trinajstić information content (AvgIpc) is 2.78. The van der Waals surface area contributed by atoms with Crippen molar-refractivity contribution in [2.45, 2.75) is 19.5 Å². The molecular formula is C11H18N4O. The molecule has 0 radical (unpaired) electrons. The van der Waals surface area contributed by atoms with Gasteiger partial charge >= 0.3 is 0 Å². The smallest absolute Gasteiger partial charge is 0.237 e. The molecule has 5 nitrogen and oxygen atoms in total. The lowest BCUT2D eigenvalue weighted by atomic mass is 10.3. The summed E-state index contributed by atoms with van der Waals surface area (Å²) in [6.45, 7) is 7.35. The molecule has 1 heterocycles. The molecule has 0 aliphatic rings. The second-order valence-corrected chi connectivity index (χ2v) is 3.48. The van der Waals surface area contributed by atoms with Crippen LogP contribution < -0.4 is 10.6 Å². The molecule has 0 fully saturated rings. The van der Waals surface area contributed by atoms with Gasteiger partial charge in [0.1, 0.15) is 0 Å². The van der Waals surface area contributed by atoms with E-state index in [1.807, 2.05) is 23.9 Å². The van der Waals surface area contributed by atoms with Crippen molar-refractivity contribution in [2.24, 2.45) is 0 Å². The van der Waals surface area contributed by atoms with Crippen LogP contribution in [0.4, 0.5) is 0 Å². The molecule has 1 unspecified atom stereocenters. The molecule has 0 aliphatic heterocycles. The third kappa shape index (κ3) is 4.27. The first-order chi connectivity index (χ1) is 7.74. The van der Waals surface area contributed by atoms with Gasteiger partial charge in [0.25, 0.3) is 0 Å². The van der Waals surface area contributed by atoms with Crippen molar-refractivity contribution < 1.29 is 4.79 Å². The summed E-state index contributed by atoms with van der Waals surface area (Å²) >= 11 is 0. The van der Waals surface area contributed by atoms with E-state index in [1.165, 1.54) is 0 Å². The monoisotopic (exact) mass is 222 g/mol. The molecule has 0 saturated heterocycles. The maximum Gasteiger partial charge on any atom is 0.237 e. The van der Waals surface area contributed by atoms with Crippen LogP contribution in [0, 0.1) is 0 Å². The van der Waals surface area contributed by atoms with Gasteiger partial charge < -0.3 is 10.6 Å². The van der Waals surface area contributed by atoms with E-state index in [-0.39, 0.29) is 11.9 Å². The van der Waals surface area contributed by atoms with Crippen LogP contribution in [-0.2, 0) is 11.3 Å². The number of hydrogen-bond donors (Lipinski definition) is 2. The minimum Gasteiger partial charge on any atom is -0.351 e. The van der Waals surface area contributed by atoms with Crippen LogP contribution >= 0.6 is 0 Å². The van der Waals surface area contributed by atoms with Gasteiger partial charge in [0, 0.05) is 25.5 Å². The average molecular weight is 222 g/mol. The van der Waals surface area contributed by atoms with Gasteiger partial charge in [0.05, 0.1) is 12.6 Å². The summed E-state index contributed by atoms with van der Waals surface area (Å²) in [5.41, 5.74) is 0. The summed E-state index contributed by atoms with van der Waals surface area (Å²) in [5.74, 6) is -0.0136. The van der Waals surface area contributed by atoms with E-state index in [1.54, 1.807) is 12.3 Å². The van der Waals surface area contributed by atoms with Crippen LogP contribution in [0.3, 0.4) is 0 Å². The van der Waals surface area contributed by atoms with Crippen molar-refractivity contribution in [2.75, 3.05) is 13.1 Å². The van der Waals surface area contributed by atoms with Crippen LogP contribution in [0.1, 0.15) is 6.92 Å². The number of hydrogen-bond acceptors (Lipinski definition) is 3. The summed E-state index contributed by atoms with van der Waals surface area (Å²) < 4.78 is 1.82. The van der Waals surface area contributed by atoms with Crippen molar-refractivity contribution in [3.63, 3.8) is 0 Å². The second-order valence-electron chi connectivity index (χ2n) is 3.48. The lowest BCUT2D eigenvalue weighted by Crippen LogP contribution is -2.43. The van der Waals surface area contributed by atoms with E-state index < -0.39 is 0 Å². The third-order valence-corrected chi connectivity index (χ3v) is 2.16. The van der Waals surface area contributed by atoms with E-state index >= 15 is 0 Å². The topological polar surface area (TPSA) is 59.0 Å². The van der Waals surface area contributed by atoms with Crippen LogP contribution in [0.2, 0.25) is 0 Å². The zero-order valence-electron chi connectivity index (χ0n) is 9.52. The third-order valence-electron chi connectivity index (χ3n) is 2.16. The maximum atomic E-state index is 11.5. The Morgan fingerprint density at radius 1 is 1.69 bits per heavy atom. The number of carbonyl (C=O) groups is 1. The molecule has 0 spiro atoms. The summed E-state index contributed by atoms with van der Waals surface area (Å²) in [6.07, 6.45) is 5.29. The number of aromatic nitrogens is 2. The number of rotatable bonds is 7.